The van der Waals surface area contributed by atoms with Crippen molar-refractivity contribution in [3.63, 3.8) is 0 Å². The lowest BCUT2D eigenvalue weighted by Gasteiger charge is -2.14. The third-order valence-corrected chi connectivity index (χ3v) is 4.31. The van der Waals surface area contributed by atoms with Gasteiger partial charge < -0.3 is 10.1 Å². The molecular formula is C13H20F2N2O3S. The second-order valence-corrected chi connectivity index (χ2v) is 6.52. The van der Waals surface area contributed by atoms with Gasteiger partial charge >= 0.3 is 0 Å². The first kappa shape index (κ1) is 18.0. The van der Waals surface area contributed by atoms with E-state index in [1.807, 2.05) is 0 Å². The van der Waals surface area contributed by atoms with Gasteiger partial charge in [-0.1, -0.05) is 6.92 Å². The molecule has 0 heterocycles. The molecule has 1 aromatic rings. The highest BCUT2D eigenvalue weighted by molar-refractivity contribution is 7.89. The zero-order valence-electron chi connectivity index (χ0n) is 12.2. The highest BCUT2D eigenvalue weighted by Crippen LogP contribution is 2.21. The van der Waals surface area contributed by atoms with Crippen LogP contribution in [0.5, 0.6) is 0 Å². The van der Waals surface area contributed by atoms with E-state index in [0.29, 0.717) is 6.61 Å². The van der Waals surface area contributed by atoms with Crippen LogP contribution in [0.25, 0.3) is 0 Å². The topological polar surface area (TPSA) is 67.4 Å². The van der Waals surface area contributed by atoms with Gasteiger partial charge in [0, 0.05) is 32.4 Å². The molecule has 5 nitrogen and oxygen atoms in total. The quantitative estimate of drug-likeness (QED) is 0.756. The maximum absolute atomic E-state index is 14.2. The summed E-state index contributed by atoms with van der Waals surface area (Å²) in [6.45, 7) is 2.17. The molecule has 21 heavy (non-hydrogen) atoms. The number of rotatable bonds is 8. The largest absolute Gasteiger partial charge is 0.384 e. The predicted octanol–water partition coefficient (Wildman–Crippen LogP) is 1.24. The highest BCUT2D eigenvalue weighted by atomic mass is 32.2. The molecule has 1 atom stereocenters. The van der Waals surface area contributed by atoms with Gasteiger partial charge in [0.1, 0.15) is 10.7 Å². The van der Waals surface area contributed by atoms with Crippen molar-refractivity contribution in [2.24, 2.45) is 5.92 Å². The smallest absolute Gasteiger partial charge is 0.243 e. The summed E-state index contributed by atoms with van der Waals surface area (Å²) in [5.41, 5.74) is -0.301. The zero-order chi connectivity index (χ0) is 16.0. The van der Waals surface area contributed by atoms with Crippen molar-refractivity contribution in [3.8, 4) is 0 Å². The summed E-state index contributed by atoms with van der Waals surface area (Å²) in [5.74, 6) is -1.92. The highest BCUT2D eigenvalue weighted by Gasteiger charge is 2.23. The molecule has 8 heteroatoms. The van der Waals surface area contributed by atoms with Gasteiger partial charge in [0.05, 0.1) is 0 Å². The third kappa shape index (κ3) is 4.70. The molecule has 1 rings (SSSR count). The minimum absolute atomic E-state index is 0.0648. The van der Waals surface area contributed by atoms with Crippen LogP contribution in [0.2, 0.25) is 0 Å². The maximum atomic E-state index is 14.2. The zero-order valence-corrected chi connectivity index (χ0v) is 13.1. The van der Waals surface area contributed by atoms with E-state index in [4.69, 9.17) is 4.74 Å². The molecule has 1 aromatic carbocycles. The monoisotopic (exact) mass is 322 g/mol. The van der Waals surface area contributed by atoms with Crippen LogP contribution >= 0.6 is 0 Å². The molecule has 0 aliphatic heterocycles. The van der Waals surface area contributed by atoms with Gasteiger partial charge in [-0.25, -0.2) is 21.9 Å². The number of benzene rings is 1. The van der Waals surface area contributed by atoms with E-state index >= 15 is 0 Å². The second kappa shape index (κ2) is 7.79. The van der Waals surface area contributed by atoms with Crippen LogP contribution in [-0.2, 0) is 21.3 Å². The van der Waals surface area contributed by atoms with Gasteiger partial charge in [0.25, 0.3) is 0 Å². The van der Waals surface area contributed by atoms with Gasteiger partial charge in [-0.15, -0.1) is 0 Å². The fourth-order valence-corrected chi connectivity index (χ4v) is 3.06. The minimum Gasteiger partial charge on any atom is -0.384 e. The summed E-state index contributed by atoms with van der Waals surface area (Å²) >= 11 is 0. The van der Waals surface area contributed by atoms with Crippen LogP contribution in [0.4, 0.5) is 8.78 Å². The molecule has 0 aliphatic rings. The number of halogens is 2. The Labute approximate surface area is 123 Å². The number of hydrogen-bond acceptors (Lipinski definition) is 4. The van der Waals surface area contributed by atoms with Crippen molar-refractivity contribution in [2.75, 3.05) is 27.3 Å². The predicted molar refractivity (Wildman–Crippen MR) is 75.4 cm³/mol. The third-order valence-electron chi connectivity index (χ3n) is 2.87. The summed E-state index contributed by atoms with van der Waals surface area (Å²) in [6.07, 6.45) is 0. The Morgan fingerprint density at radius 2 is 2.00 bits per heavy atom. The van der Waals surface area contributed by atoms with Crippen molar-refractivity contribution >= 4 is 10.0 Å². The van der Waals surface area contributed by atoms with Crippen molar-refractivity contribution in [2.45, 2.75) is 18.4 Å². The van der Waals surface area contributed by atoms with E-state index in [1.54, 1.807) is 6.92 Å². The molecule has 0 bridgehead atoms. The van der Waals surface area contributed by atoms with Gasteiger partial charge in [0.2, 0.25) is 10.0 Å². The molecule has 0 aliphatic carbocycles. The first-order valence-electron chi connectivity index (χ1n) is 6.43. The van der Waals surface area contributed by atoms with Crippen molar-refractivity contribution < 1.29 is 21.9 Å². The molecule has 0 fully saturated rings. The van der Waals surface area contributed by atoms with E-state index < -0.39 is 26.6 Å². The lowest BCUT2D eigenvalue weighted by molar-refractivity contribution is 0.161. The van der Waals surface area contributed by atoms with Crippen LogP contribution in [-0.4, -0.2) is 35.7 Å². The van der Waals surface area contributed by atoms with E-state index in [2.05, 4.69) is 10.0 Å². The fraction of sp³-hybridized carbons (Fsp3) is 0.538. The Hall–Kier alpha value is -1.09. The first-order chi connectivity index (χ1) is 9.83. The van der Waals surface area contributed by atoms with E-state index in [9.17, 15) is 17.2 Å². The van der Waals surface area contributed by atoms with E-state index in [1.165, 1.54) is 14.2 Å². The Morgan fingerprint density at radius 1 is 1.33 bits per heavy atom. The Morgan fingerprint density at radius 3 is 2.57 bits per heavy atom. The summed E-state index contributed by atoms with van der Waals surface area (Å²) in [4.78, 5) is -0.557. The molecule has 0 spiro atoms. The maximum Gasteiger partial charge on any atom is 0.243 e. The number of hydrogen-bond donors (Lipinski definition) is 2. The summed E-state index contributed by atoms with van der Waals surface area (Å²) < 4.78 is 59.1. The number of ether oxygens (including phenoxy) is 1. The lowest BCUT2D eigenvalue weighted by Crippen LogP contribution is -2.31. The Balaban J connectivity index is 3.01. The second-order valence-electron chi connectivity index (χ2n) is 4.78. The normalized spacial score (nSPS) is 13.4. The molecule has 1 unspecified atom stereocenters. The summed E-state index contributed by atoms with van der Waals surface area (Å²) in [7, 11) is -1.01. The van der Waals surface area contributed by atoms with Crippen LogP contribution in [0.3, 0.4) is 0 Å². The average molecular weight is 322 g/mol. The first-order valence-corrected chi connectivity index (χ1v) is 7.91. The molecule has 0 saturated heterocycles. The van der Waals surface area contributed by atoms with E-state index in [0.717, 1.165) is 12.1 Å². The van der Waals surface area contributed by atoms with Gasteiger partial charge in [0.15, 0.2) is 5.82 Å². The van der Waals surface area contributed by atoms with Crippen molar-refractivity contribution in [1.29, 1.82) is 0 Å². The molecule has 0 radical (unpaired) electrons. The van der Waals surface area contributed by atoms with Crippen LogP contribution < -0.4 is 10.0 Å². The van der Waals surface area contributed by atoms with E-state index in [-0.39, 0.29) is 24.6 Å². The molecular weight excluding hydrogens is 302 g/mol. The Bertz CT molecular complexity index is 579. The molecule has 0 saturated carbocycles. The van der Waals surface area contributed by atoms with Gasteiger partial charge in [-0.05, 0) is 25.1 Å². The van der Waals surface area contributed by atoms with Crippen molar-refractivity contribution in [3.05, 3.63) is 29.3 Å². The number of methoxy groups -OCH3 is 1. The average Bonchev–Trinajstić information content (AvgIpc) is 2.41. The molecule has 2 N–H and O–H groups in total. The molecule has 120 valence electrons. The van der Waals surface area contributed by atoms with Crippen LogP contribution in [0.15, 0.2) is 17.0 Å². The summed E-state index contributed by atoms with van der Waals surface area (Å²) in [6, 6.07) is 1.87. The fourth-order valence-electron chi connectivity index (χ4n) is 1.80. The summed E-state index contributed by atoms with van der Waals surface area (Å²) in [5, 5.41) is 2.60. The molecule has 0 aromatic heterocycles. The van der Waals surface area contributed by atoms with Gasteiger partial charge in [-0.2, -0.15) is 0 Å². The van der Waals surface area contributed by atoms with Crippen LogP contribution in [0, 0.1) is 17.6 Å². The minimum atomic E-state index is -4.04. The van der Waals surface area contributed by atoms with Gasteiger partial charge in [-0.3, -0.25) is 0 Å². The number of sulfonamides is 1. The van der Waals surface area contributed by atoms with Crippen LogP contribution in [0.1, 0.15) is 12.5 Å². The SMILES string of the molecule is CNCc1c(F)ccc(S(=O)(=O)NCC(C)COC)c1F. The van der Waals surface area contributed by atoms with Crippen molar-refractivity contribution in [1.82, 2.24) is 10.0 Å². The number of nitrogens with one attached hydrogen (secondary N) is 2. The molecule has 0 amide bonds. The standard InChI is InChI=1S/C13H20F2N2O3S/c1-9(8-20-3)6-17-21(18,19)12-5-4-11(14)10(7-16-2)13(12)15/h4-5,9,16-17H,6-8H2,1-3H3. The lowest BCUT2D eigenvalue weighted by atomic mass is 10.2. The Kier molecular flexibility index (Phi) is 6.66.